The fourth-order valence-corrected chi connectivity index (χ4v) is 2.56. The summed E-state index contributed by atoms with van der Waals surface area (Å²) in [6.45, 7) is 0. The second-order valence-corrected chi connectivity index (χ2v) is 4.93. The number of methoxy groups -OCH3 is 1. The van der Waals surface area contributed by atoms with E-state index in [0.29, 0.717) is 11.3 Å². The van der Waals surface area contributed by atoms with Crippen LogP contribution in [0.1, 0.15) is 22.0 Å². The molecule has 0 aliphatic rings. The van der Waals surface area contributed by atoms with Gasteiger partial charge in [-0.25, -0.2) is 0 Å². The van der Waals surface area contributed by atoms with E-state index >= 15 is 0 Å². The van der Waals surface area contributed by atoms with Crippen LogP contribution in [-0.4, -0.2) is 7.11 Å². The van der Waals surface area contributed by atoms with Crippen LogP contribution in [0.3, 0.4) is 0 Å². The lowest BCUT2D eigenvalue weighted by Crippen LogP contribution is -2.12. The van der Waals surface area contributed by atoms with E-state index in [1.165, 1.54) is 24.5 Å². The summed E-state index contributed by atoms with van der Waals surface area (Å²) >= 11 is 1.36. The highest BCUT2D eigenvalue weighted by atomic mass is 32.1. The van der Waals surface area contributed by atoms with E-state index in [0.717, 1.165) is 17.0 Å². The Bertz CT molecular complexity index is 565. The Morgan fingerprint density at radius 1 is 1.26 bits per heavy atom. The summed E-state index contributed by atoms with van der Waals surface area (Å²) in [5.41, 5.74) is 5.72. The Morgan fingerprint density at radius 2 is 2.00 bits per heavy atom. The van der Waals surface area contributed by atoms with E-state index in [-0.39, 0.29) is 0 Å². The highest BCUT2D eigenvalue weighted by molar-refractivity contribution is 7.10. The first-order chi connectivity index (χ1) is 8.91. The summed E-state index contributed by atoms with van der Waals surface area (Å²) in [4.78, 5) is 0.760. The molecule has 102 valence electrons. The van der Waals surface area contributed by atoms with Crippen molar-refractivity contribution in [2.75, 3.05) is 7.11 Å². The predicted octanol–water partition coefficient (Wildman–Crippen LogP) is 3.82. The molecule has 2 rings (SSSR count). The van der Waals surface area contributed by atoms with Crippen molar-refractivity contribution in [2.45, 2.75) is 12.2 Å². The summed E-state index contributed by atoms with van der Waals surface area (Å²) in [5.74, 6) is 0.655. The van der Waals surface area contributed by atoms with Crippen molar-refractivity contribution in [1.29, 1.82) is 0 Å². The monoisotopic (exact) mass is 287 g/mol. The van der Waals surface area contributed by atoms with E-state index in [1.54, 1.807) is 17.5 Å². The minimum atomic E-state index is -4.36. The van der Waals surface area contributed by atoms with Crippen LogP contribution in [0.4, 0.5) is 13.2 Å². The Hall–Kier alpha value is -1.53. The van der Waals surface area contributed by atoms with Gasteiger partial charge in [0.25, 0.3) is 0 Å². The van der Waals surface area contributed by atoms with E-state index < -0.39 is 17.8 Å². The van der Waals surface area contributed by atoms with Crippen LogP contribution in [-0.2, 0) is 6.18 Å². The molecule has 2 aromatic rings. The van der Waals surface area contributed by atoms with Crippen molar-refractivity contribution >= 4 is 11.3 Å². The lowest BCUT2D eigenvalue weighted by molar-refractivity contribution is -0.137. The number of hydrogen-bond acceptors (Lipinski definition) is 3. The summed E-state index contributed by atoms with van der Waals surface area (Å²) in [5, 5.41) is 1.77. The molecule has 1 aromatic heterocycles. The molecule has 0 aliphatic heterocycles. The Kier molecular flexibility index (Phi) is 3.82. The number of benzene rings is 1. The first kappa shape index (κ1) is 13.9. The quantitative estimate of drug-likeness (QED) is 0.931. The highest BCUT2D eigenvalue weighted by Crippen LogP contribution is 2.33. The van der Waals surface area contributed by atoms with Gasteiger partial charge in [0.05, 0.1) is 18.7 Å². The van der Waals surface area contributed by atoms with Crippen LogP contribution in [0.15, 0.2) is 35.7 Å². The van der Waals surface area contributed by atoms with Gasteiger partial charge in [-0.15, -0.1) is 11.3 Å². The van der Waals surface area contributed by atoms with Crippen molar-refractivity contribution in [3.8, 4) is 5.75 Å². The normalized spacial score (nSPS) is 13.3. The summed E-state index contributed by atoms with van der Waals surface area (Å²) < 4.78 is 42.9. The fraction of sp³-hybridized carbons (Fsp3) is 0.231. The summed E-state index contributed by atoms with van der Waals surface area (Å²) in [6, 6.07) is 6.21. The molecule has 0 radical (unpaired) electrons. The first-order valence-corrected chi connectivity index (χ1v) is 6.35. The third kappa shape index (κ3) is 3.08. The Labute approximate surface area is 112 Å². The molecular weight excluding hydrogens is 275 g/mol. The van der Waals surface area contributed by atoms with Crippen molar-refractivity contribution in [3.05, 3.63) is 51.7 Å². The Balaban J connectivity index is 2.31. The second-order valence-electron chi connectivity index (χ2n) is 3.99. The van der Waals surface area contributed by atoms with Gasteiger partial charge in [-0.3, -0.25) is 0 Å². The van der Waals surface area contributed by atoms with Crippen LogP contribution in [0.25, 0.3) is 0 Å². The van der Waals surface area contributed by atoms with Crippen LogP contribution in [0.5, 0.6) is 5.75 Å². The van der Waals surface area contributed by atoms with E-state index in [4.69, 9.17) is 10.5 Å². The van der Waals surface area contributed by atoms with Gasteiger partial charge in [0.2, 0.25) is 0 Å². The predicted molar refractivity (Wildman–Crippen MR) is 68.3 cm³/mol. The molecule has 1 atom stereocenters. The third-order valence-corrected chi connectivity index (χ3v) is 3.71. The van der Waals surface area contributed by atoms with Gasteiger partial charge in [-0.1, -0.05) is 12.1 Å². The molecule has 1 unspecified atom stereocenters. The topological polar surface area (TPSA) is 35.2 Å². The maximum absolute atomic E-state index is 12.6. The SMILES string of the molecule is COc1csc(C(N)c2cccc(C(F)(F)F)c2)c1. The second kappa shape index (κ2) is 5.22. The zero-order valence-electron chi connectivity index (χ0n) is 10.1. The average Bonchev–Trinajstić information content (AvgIpc) is 2.86. The van der Waals surface area contributed by atoms with Crippen LogP contribution < -0.4 is 10.5 Å². The van der Waals surface area contributed by atoms with Crippen molar-refractivity contribution in [3.63, 3.8) is 0 Å². The lowest BCUT2D eigenvalue weighted by Gasteiger charge is -2.13. The number of alkyl halides is 3. The molecule has 2 nitrogen and oxygen atoms in total. The van der Waals surface area contributed by atoms with Gasteiger partial charge < -0.3 is 10.5 Å². The van der Waals surface area contributed by atoms with Gasteiger partial charge in [-0.2, -0.15) is 13.2 Å². The smallest absolute Gasteiger partial charge is 0.416 e. The zero-order valence-corrected chi connectivity index (χ0v) is 10.9. The molecular formula is C13H12F3NOS. The number of thiophene rings is 1. The van der Waals surface area contributed by atoms with Crippen molar-refractivity contribution in [1.82, 2.24) is 0 Å². The molecule has 19 heavy (non-hydrogen) atoms. The minimum Gasteiger partial charge on any atom is -0.496 e. The molecule has 0 amide bonds. The van der Waals surface area contributed by atoms with Gasteiger partial charge >= 0.3 is 6.18 Å². The zero-order chi connectivity index (χ0) is 14.0. The number of halogens is 3. The van der Waals surface area contributed by atoms with Crippen molar-refractivity contribution in [2.24, 2.45) is 5.73 Å². The number of ether oxygens (including phenoxy) is 1. The average molecular weight is 287 g/mol. The highest BCUT2D eigenvalue weighted by Gasteiger charge is 2.30. The van der Waals surface area contributed by atoms with Crippen LogP contribution >= 0.6 is 11.3 Å². The largest absolute Gasteiger partial charge is 0.496 e. The maximum Gasteiger partial charge on any atom is 0.416 e. The molecule has 2 N–H and O–H groups in total. The molecule has 0 saturated carbocycles. The molecule has 1 heterocycles. The van der Waals surface area contributed by atoms with Crippen LogP contribution in [0, 0.1) is 0 Å². The lowest BCUT2D eigenvalue weighted by atomic mass is 10.0. The number of nitrogens with two attached hydrogens (primary N) is 1. The van der Waals surface area contributed by atoms with Crippen molar-refractivity contribution < 1.29 is 17.9 Å². The molecule has 0 spiro atoms. The molecule has 1 aromatic carbocycles. The molecule has 0 bridgehead atoms. The van der Waals surface area contributed by atoms with E-state index in [1.807, 2.05) is 0 Å². The van der Waals surface area contributed by atoms with E-state index in [2.05, 4.69) is 0 Å². The Morgan fingerprint density at radius 3 is 2.58 bits per heavy atom. The molecule has 0 saturated heterocycles. The number of hydrogen-bond donors (Lipinski definition) is 1. The summed E-state index contributed by atoms with van der Waals surface area (Å²) in [6.07, 6.45) is -4.36. The van der Waals surface area contributed by atoms with Gasteiger partial charge in [0, 0.05) is 10.3 Å². The van der Waals surface area contributed by atoms with Gasteiger partial charge in [0.15, 0.2) is 0 Å². The molecule has 6 heteroatoms. The standard InChI is InChI=1S/C13H12F3NOS/c1-18-10-6-11(19-7-10)12(17)8-3-2-4-9(5-8)13(14,15)16/h2-7,12H,17H2,1H3. The van der Waals surface area contributed by atoms with Gasteiger partial charge in [0.1, 0.15) is 5.75 Å². The minimum absolute atomic E-state index is 0.430. The van der Waals surface area contributed by atoms with Gasteiger partial charge in [-0.05, 0) is 23.8 Å². The molecule has 0 aliphatic carbocycles. The van der Waals surface area contributed by atoms with Crippen LogP contribution in [0.2, 0.25) is 0 Å². The maximum atomic E-state index is 12.6. The first-order valence-electron chi connectivity index (χ1n) is 5.47. The van der Waals surface area contributed by atoms with E-state index in [9.17, 15) is 13.2 Å². The fourth-order valence-electron chi connectivity index (χ4n) is 1.68. The summed E-state index contributed by atoms with van der Waals surface area (Å²) in [7, 11) is 1.53. The molecule has 0 fully saturated rings. The third-order valence-electron chi connectivity index (χ3n) is 2.71. The number of rotatable bonds is 3.